The van der Waals surface area contributed by atoms with E-state index in [1.54, 1.807) is 37.7 Å². The van der Waals surface area contributed by atoms with Gasteiger partial charge in [0.1, 0.15) is 12.4 Å². The zero-order valence-electron chi connectivity index (χ0n) is 23.2. The monoisotopic (exact) mass is 570 g/mol. The normalized spacial score (nSPS) is 14.7. The molecule has 0 saturated heterocycles. The fraction of sp³-hybridized carbons (Fsp3) is 0.219. The number of carbonyl (C=O) groups excluding carboxylic acids is 1. The van der Waals surface area contributed by atoms with E-state index in [-0.39, 0.29) is 12.2 Å². The van der Waals surface area contributed by atoms with Gasteiger partial charge in [-0.1, -0.05) is 59.9 Å². The molecule has 1 unspecified atom stereocenters. The summed E-state index contributed by atoms with van der Waals surface area (Å²) in [6.07, 6.45) is 1.81. The Morgan fingerprint density at radius 3 is 2.51 bits per heavy atom. The SMILES string of the molecule is CCOC(=O)C1=C(C)N=c2s/c(=C\c3cccc(OCc4ccccc4)c3)c(=O)n2C1c1ccc(OC)c(OC)c1. The first-order valence-corrected chi connectivity index (χ1v) is 13.9. The molecular formula is C32H30N2O6S. The number of hydrogen-bond acceptors (Lipinski definition) is 8. The smallest absolute Gasteiger partial charge is 0.338 e. The number of ether oxygens (including phenoxy) is 4. The van der Waals surface area contributed by atoms with Crippen molar-refractivity contribution >= 4 is 23.4 Å². The molecule has 1 aromatic heterocycles. The summed E-state index contributed by atoms with van der Waals surface area (Å²) in [6, 6.07) is 22.1. The second-order valence-corrected chi connectivity index (χ2v) is 10.3. The zero-order chi connectivity index (χ0) is 28.9. The second kappa shape index (κ2) is 12.3. The molecule has 0 amide bonds. The highest BCUT2D eigenvalue weighted by Gasteiger charge is 2.33. The number of hydrogen-bond donors (Lipinski definition) is 0. The Balaban J connectivity index is 1.58. The Kier molecular flexibility index (Phi) is 8.35. The van der Waals surface area contributed by atoms with Crippen LogP contribution in [-0.4, -0.2) is 31.4 Å². The van der Waals surface area contributed by atoms with Crippen LogP contribution in [0.3, 0.4) is 0 Å². The summed E-state index contributed by atoms with van der Waals surface area (Å²) in [6.45, 7) is 4.13. The van der Waals surface area contributed by atoms with Crippen LogP contribution in [0.5, 0.6) is 17.2 Å². The maximum Gasteiger partial charge on any atom is 0.338 e. The first-order valence-electron chi connectivity index (χ1n) is 13.1. The number of fused-ring (bicyclic) bond motifs is 1. The number of aromatic nitrogens is 1. The van der Waals surface area contributed by atoms with E-state index >= 15 is 0 Å². The number of carbonyl (C=O) groups is 1. The topological polar surface area (TPSA) is 88.4 Å². The highest BCUT2D eigenvalue weighted by atomic mass is 32.1. The first-order chi connectivity index (χ1) is 19.9. The van der Waals surface area contributed by atoms with Gasteiger partial charge in [-0.15, -0.1) is 0 Å². The number of rotatable bonds is 9. The summed E-state index contributed by atoms with van der Waals surface area (Å²) in [7, 11) is 3.09. The standard InChI is InChI=1S/C32H30N2O6S/c1-5-39-31(36)28-20(2)33-32-34(29(28)23-14-15-25(37-3)26(18-23)38-4)30(35)27(41-32)17-22-12-9-13-24(16-22)40-19-21-10-7-6-8-11-21/h6-18,29H,5,19H2,1-4H3/b27-17-. The van der Waals surface area contributed by atoms with E-state index < -0.39 is 12.0 Å². The lowest BCUT2D eigenvalue weighted by atomic mass is 9.95. The van der Waals surface area contributed by atoms with Gasteiger partial charge < -0.3 is 18.9 Å². The highest BCUT2D eigenvalue weighted by Crippen LogP contribution is 2.36. The molecule has 0 fully saturated rings. The minimum atomic E-state index is -0.757. The summed E-state index contributed by atoms with van der Waals surface area (Å²) in [5, 5.41) is 0. The third kappa shape index (κ3) is 5.81. The fourth-order valence-corrected chi connectivity index (χ4v) is 5.76. The Morgan fingerprint density at radius 1 is 1.00 bits per heavy atom. The van der Waals surface area contributed by atoms with Gasteiger partial charge in [0.15, 0.2) is 16.3 Å². The van der Waals surface area contributed by atoms with Crippen LogP contribution in [0.25, 0.3) is 6.08 Å². The molecule has 5 rings (SSSR count). The quantitative estimate of drug-likeness (QED) is 0.277. The molecule has 0 bridgehead atoms. The van der Waals surface area contributed by atoms with Crippen molar-refractivity contribution in [3.05, 3.63) is 120 Å². The van der Waals surface area contributed by atoms with Gasteiger partial charge >= 0.3 is 5.97 Å². The van der Waals surface area contributed by atoms with Crippen LogP contribution in [0.1, 0.15) is 36.6 Å². The molecule has 0 aliphatic carbocycles. The first kappa shape index (κ1) is 27.9. The van der Waals surface area contributed by atoms with Gasteiger partial charge in [-0.25, -0.2) is 9.79 Å². The van der Waals surface area contributed by atoms with Crippen molar-refractivity contribution in [2.45, 2.75) is 26.5 Å². The minimum Gasteiger partial charge on any atom is -0.493 e. The largest absolute Gasteiger partial charge is 0.493 e. The van der Waals surface area contributed by atoms with Crippen LogP contribution in [0.15, 0.2) is 93.9 Å². The highest BCUT2D eigenvalue weighted by molar-refractivity contribution is 7.07. The summed E-state index contributed by atoms with van der Waals surface area (Å²) in [5.74, 6) is 1.19. The van der Waals surface area contributed by atoms with Crippen molar-refractivity contribution in [3.63, 3.8) is 0 Å². The number of esters is 1. The lowest BCUT2D eigenvalue weighted by molar-refractivity contribution is -0.139. The molecule has 9 heteroatoms. The predicted molar refractivity (Wildman–Crippen MR) is 157 cm³/mol. The van der Waals surface area contributed by atoms with Gasteiger partial charge in [0, 0.05) is 0 Å². The number of benzene rings is 3. The van der Waals surface area contributed by atoms with Crippen molar-refractivity contribution in [3.8, 4) is 17.2 Å². The number of methoxy groups -OCH3 is 2. The van der Waals surface area contributed by atoms with Crippen molar-refractivity contribution in [2.75, 3.05) is 20.8 Å². The van der Waals surface area contributed by atoms with Crippen LogP contribution in [0.4, 0.5) is 0 Å². The Labute approximate surface area is 241 Å². The van der Waals surface area contributed by atoms with Gasteiger partial charge in [-0.05, 0) is 60.9 Å². The van der Waals surface area contributed by atoms with E-state index in [9.17, 15) is 9.59 Å². The van der Waals surface area contributed by atoms with E-state index in [1.165, 1.54) is 18.4 Å². The van der Waals surface area contributed by atoms with Gasteiger partial charge in [0.25, 0.3) is 5.56 Å². The second-order valence-electron chi connectivity index (χ2n) is 9.26. The van der Waals surface area contributed by atoms with E-state index in [2.05, 4.69) is 4.99 Å². The van der Waals surface area contributed by atoms with Crippen LogP contribution >= 0.6 is 11.3 Å². The molecule has 0 N–H and O–H groups in total. The average Bonchev–Trinajstić information content (AvgIpc) is 3.29. The molecule has 210 valence electrons. The zero-order valence-corrected chi connectivity index (χ0v) is 24.1. The molecule has 1 aliphatic heterocycles. The van der Waals surface area contributed by atoms with E-state index in [4.69, 9.17) is 18.9 Å². The van der Waals surface area contributed by atoms with Gasteiger partial charge in [0.05, 0.1) is 42.7 Å². The maximum atomic E-state index is 13.9. The number of allylic oxidation sites excluding steroid dienone is 1. The summed E-state index contributed by atoms with van der Waals surface area (Å²) in [4.78, 5) is 32.2. The van der Waals surface area contributed by atoms with Gasteiger partial charge in [-0.2, -0.15) is 0 Å². The van der Waals surface area contributed by atoms with Crippen molar-refractivity contribution in [2.24, 2.45) is 4.99 Å². The molecule has 4 aromatic rings. The van der Waals surface area contributed by atoms with Gasteiger partial charge in [-0.3, -0.25) is 9.36 Å². The molecule has 3 aromatic carbocycles. The van der Waals surface area contributed by atoms with Crippen LogP contribution < -0.4 is 29.1 Å². The molecule has 41 heavy (non-hydrogen) atoms. The summed E-state index contributed by atoms with van der Waals surface area (Å²) >= 11 is 1.26. The van der Waals surface area contributed by atoms with E-state index in [0.29, 0.717) is 50.0 Å². The third-order valence-corrected chi connectivity index (χ3v) is 7.63. The summed E-state index contributed by atoms with van der Waals surface area (Å²) in [5.41, 5.74) is 3.07. The molecule has 1 aliphatic rings. The van der Waals surface area contributed by atoms with E-state index in [0.717, 1.165) is 11.1 Å². The molecule has 2 heterocycles. The Morgan fingerprint density at radius 2 is 1.78 bits per heavy atom. The lowest BCUT2D eigenvalue weighted by Crippen LogP contribution is -2.39. The van der Waals surface area contributed by atoms with Gasteiger partial charge in [0.2, 0.25) is 0 Å². The average molecular weight is 571 g/mol. The fourth-order valence-electron chi connectivity index (χ4n) is 4.72. The number of nitrogens with zero attached hydrogens (tertiary/aromatic N) is 2. The van der Waals surface area contributed by atoms with Crippen LogP contribution in [0, 0.1) is 0 Å². The molecule has 0 radical (unpaired) electrons. The molecule has 1 atom stereocenters. The molecule has 0 spiro atoms. The van der Waals surface area contributed by atoms with Crippen LogP contribution in [0.2, 0.25) is 0 Å². The van der Waals surface area contributed by atoms with Crippen molar-refractivity contribution in [1.29, 1.82) is 0 Å². The Bertz CT molecular complexity index is 1790. The molecule has 0 saturated carbocycles. The molecular weight excluding hydrogens is 540 g/mol. The predicted octanol–water partition coefficient (Wildman–Crippen LogP) is 4.39. The third-order valence-electron chi connectivity index (χ3n) is 6.64. The van der Waals surface area contributed by atoms with E-state index in [1.807, 2.05) is 66.7 Å². The summed E-state index contributed by atoms with van der Waals surface area (Å²) < 4.78 is 24.3. The maximum absolute atomic E-state index is 13.9. The van der Waals surface area contributed by atoms with Crippen LogP contribution in [-0.2, 0) is 16.1 Å². The number of thiazole rings is 1. The van der Waals surface area contributed by atoms with Crippen molar-refractivity contribution < 1.29 is 23.7 Å². The Hall–Kier alpha value is -4.63. The minimum absolute atomic E-state index is 0.196. The molecule has 8 nitrogen and oxygen atoms in total. The lowest BCUT2D eigenvalue weighted by Gasteiger charge is -2.25. The van der Waals surface area contributed by atoms with Crippen molar-refractivity contribution in [1.82, 2.24) is 4.57 Å².